The van der Waals surface area contributed by atoms with Crippen molar-refractivity contribution in [2.24, 2.45) is 0 Å². The van der Waals surface area contributed by atoms with E-state index in [0.717, 1.165) is 36.5 Å². The summed E-state index contributed by atoms with van der Waals surface area (Å²) in [4.78, 5) is 12.5. The number of nitrogens with zero attached hydrogens (tertiary/aromatic N) is 3. The van der Waals surface area contributed by atoms with Gasteiger partial charge in [-0.3, -0.25) is 4.79 Å². The molecule has 1 N–H and O–H groups in total. The SMILES string of the molecule is CCCCn1c(SCC(=O)Nc2cc(OC)cc(OC)c2)nnc1-c1ccoc1C. The minimum Gasteiger partial charge on any atom is -0.497 e. The monoisotopic (exact) mass is 430 g/mol. The predicted molar refractivity (Wildman–Crippen MR) is 116 cm³/mol. The molecule has 9 heteroatoms. The molecule has 8 nitrogen and oxygen atoms in total. The Balaban J connectivity index is 1.71. The summed E-state index contributed by atoms with van der Waals surface area (Å²) >= 11 is 1.35. The number of rotatable bonds is 10. The van der Waals surface area contributed by atoms with E-state index in [9.17, 15) is 4.79 Å². The van der Waals surface area contributed by atoms with Gasteiger partial charge in [-0.15, -0.1) is 10.2 Å². The van der Waals surface area contributed by atoms with E-state index in [2.05, 4.69) is 22.4 Å². The maximum Gasteiger partial charge on any atom is 0.234 e. The van der Waals surface area contributed by atoms with Crippen LogP contribution < -0.4 is 14.8 Å². The lowest BCUT2D eigenvalue weighted by atomic mass is 10.2. The van der Waals surface area contributed by atoms with Crippen LogP contribution in [0.2, 0.25) is 0 Å². The minimum absolute atomic E-state index is 0.151. The summed E-state index contributed by atoms with van der Waals surface area (Å²) in [6.07, 6.45) is 3.68. The van der Waals surface area contributed by atoms with Gasteiger partial charge in [0.1, 0.15) is 17.3 Å². The maximum absolute atomic E-state index is 12.5. The van der Waals surface area contributed by atoms with Gasteiger partial charge in [0.05, 0.1) is 31.8 Å². The number of carbonyl (C=O) groups is 1. The molecule has 0 saturated heterocycles. The van der Waals surface area contributed by atoms with Gasteiger partial charge in [-0.05, 0) is 19.4 Å². The number of thioether (sulfide) groups is 1. The molecule has 0 spiro atoms. The normalized spacial score (nSPS) is 10.8. The molecule has 0 aliphatic carbocycles. The summed E-state index contributed by atoms with van der Waals surface area (Å²) in [5.41, 5.74) is 1.53. The van der Waals surface area contributed by atoms with Crippen LogP contribution in [0, 0.1) is 6.92 Å². The second kappa shape index (κ2) is 10.2. The maximum atomic E-state index is 12.5. The van der Waals surface area contributed by atoms with Gasteiger partial charge >= 0.3 is 0 Å². The molecule has 0 fully saturated rings. The highest BCUT2D eigenvalue weighted by atomic mass is 32.2. The third-order valence-corrected chi connectivity index (χ3v) is 5.49. The third kappa shape index (κ3) is 5.15. The zero-order chi connectivity index (χ0) is 21.5. The van der Waals surface area contributed by atoms with E-state index >= 15 is 0 Å². The van der Waals surface area contributed by atoms with Gasteiger partial charge in [-0.2, -0.15) is 0 Å². The van der Waals surface area contributed by atoms with Crippen LogP contribution in [-0.2, 0) is 11.3 Å². The number of benzene rings is 1. The van der Waals surface area contributed by atoms with Crippen molar-refractivity contribution in [2.45, 2.75) is 38.4 Å². The largest absolute Gasteiger partial charge is 0.497 e. The van der Waals surface area contributed by atoms with Gasteiger partial charge in [-0.25, -0.2) is 0 Å². The van der Waals surface area contributed by atoms with Gasteiger partial charge in [0, 0.05) is 30.4 Å². The van der Waals surface area contributed by atoms with E-state index in [-0.39, 0.29) is 11.7 Å². The second-order valence-corrected chi connectivity index (χ2v) is 7.58. The van der Waals surface area contributed by atoms with Gasteiger partial charge in [0.25, 0.3) is 0 Å². The quantitative estimate of drug-likeness (QED) is 0.477. The number of amides is 1. The van der Waals surface area contributed by atoms with Gasteiger partial charge in [0.15, 0.2) is 11.0 Å². The molecular formula is C21H26N4O4S. The number of nitrogens with one attached hydrogen (secondary N) is 1. The van der Waals surface area contributed by atoms with Crippen LogP contribution in [0.1, 0.15) is 25.5 Å². The number of carbonyl (C=O) groups excluding carboxylic acids is 1. The Hall–Kier alpha value is -2.94. The summed E-state index contributed by atoms with van der Waals surface area (Å²) in [7, 11) is 3.14. The Morgan fingerprint density at radius 2 is 1.93 bits per heavy atom. The van der Waals surface area contributed by atoms with Crippen LogP contribution in [0.5, 0.6) is 11.5 Å². The smallest absolute Gasteiger partial charge is 0.234 e. The minimum atomic E-state index is -0.151. The molecule has 0 radical (unpaired) electrons. The Labute approximate surface area is 180 Å². The molecule has 0 saturated carbocycles. The molecule has 30 heavy (non-hydrogen) atoms. The Kier molecular flexibility index (Phi) is 7.40. The van der Waals surface area contributed by atoms with E-state index in [4.69, 9.17) is 13.9 Å². The molecule has 1 amide bonds. The number of anilines is 1. The molecule has 0 aliphatic heterocycles. The first-order valence-electron chi connectivity index (χ1n) is 9.69. The predicted octanol–water partition coefficient (Wildman–Crippen LogP) is 4.39. The van der Waals surface area contributed by atoms with Crippen molar-refractivity contribution >= 4 is 23.4 Å². The van der Waals surface area contributed by atoms with Gasteiger partial charge in [0.2, 0.25) is 5.91 Å². The molecule has 3 rings (SSSR count). The number of hydrogen-bond acceptors (Lipinski definition) is 7. The molecule has 2 heterocycles. The van der Waals surface area contributed by atoms with Crippen molar-refractivity contribution in [1.82, 2.24) is 14.8 Å². The van der Waals surface area contributed by atoms with Crippen molar-refractivity contribution in [3.05, 3.63) is 36.3 Å². The average Bonchev–Trinajstić information content (AvgIpc) is 3.35. The first kappa shape index (κ1) is 21.8. The van der Waals surface area contributed by atoms with Crippen LogP contribution in [0.3, 0.4) is 0 Å². The fourth-order valence-corrected chi connectivity index (χ4v) is 3.70. The third-order valence-electron chi connectivity index (χ3n) is 4.52. The number of furan rings is 1. The van der Waals surface area contributed by atoms with Crippen molar-refractivity contribution < 1.29 is 18.7 Å². The second-order valence-electron chi connectivity index (χ2n) is 6.64. The molecule has 0 unspecified atom stereocenters. The highest BCUT2D eigenvalue weighted by Gasteiger charge is 2.18. The summed E-state index contributed by atoms with van der Waals surface area (Å²) < 4.78 is 18.0. The van der Waals surface area contributed by atoms with Crippen LogP contribution in [-0.4, -0.2) is 40.6 Å². The van der Waals surface area contributed by atoms with E-state index in [1.54, 1.807) is 38.7 Å². The van der Waals surface area contributed by atoms with Gasteiger partial charge in [-0.1, -0.05) is 25.1 Å². The van der Waals surface area contributed by atoms with Crippen LogP contribution >= 0.6 is 11.8 Å². The highest BCUT2D eigenvalue weighted by Crippen LogP contribution is 2.28. The number of unbranched alkanes of at least 4 members (excludes halogenated alkanes) is 1. The van der Waals surface area contributed by atoms with E-state index in [0.29, 0.717) is 22.3 Å². The Morgan fingerprint density at radius 1 is 1.20 bits per heavy atom. The molecule has 160 valence electrons. The topological polar surface area (TPSA) is 91.4 Å². The Morgan fingerprint density at radius 3 is 2.53 bits per heavy atom. The summed E-state index contributed by atoms with van der Waals surface area (Å²) in [6, 6.07) is 7.13. The van der Waals surface area contributed by atoms with Crippen LogP contribution in [0.15, 0.2) is 40.1 Å². The van der Waals surface area contributed by atoms with Crippen LogP contribution in [0.4, 0.5) is 5.69 Å². The number of aryl methyl sites for hydroxylation is 1. The standard InChI is InChI=1S/C21H26N4O4S/c1-5-6-8-25-20(18-7-9-29-14(18)2)23-24-21(25)30-13-19(26)22-15-10-16(27-3)12-17(11-15)28-4/h7,9-12H,5-6,8,13H2,1-4H3,(H,22,26). The van der Waals surface area contributed by atoms with Crippen molar-refractivity contribution in [2.75, 3.05) is 25.3 Å². The molecule has 3 aromatic rings. The number of hydrogen-bond donors (Lipinski definition) is 1. The van der Waals surface area contributed by atoms with Gasteiger partial charge < -0.3 is 23.8 Å². The molecule has 2 aromatic heterocycles. The number of ether oxygens (including phenoxy) is 2. The van der Waals surface area contributed by atoms with E-state index < -0.39 is 0 Å². The fourth-order valence-electron chi connectivity index (χ4n) is 2.94. The summed E-state index contributed by atoms with van der Waals surface area (Å²) in [5, 5.41) is 12.2. The number of aromatic nitrogens is 3. The summed E-state index contributed by atoms with van der Waals surface area (Å²) in [5.74, 6) is 2.82. The first-order chi connectivity index (χ1) is 14.5. The van der Waals surface area contributed by atoms with E-state index in [1.165, 1.54) is 11.8 Å². The lowest BCUT2D eigenvalue weighted by Crippen LogP contribution is -2.15. The first-order valence-corrected chi connectivity index (χ1v) is 10.7. The molecular weight excluding hydrogens is 404 g/mol. The van der Waals surface area contributed by atoms with Crippen molar-refractivity contribution in [3.8, 4) is 22.9 Å². The zero-order valence-corrected chi connectivity index (χ0v) is 18.4. The summed E-state index contributed by atoms with van der Waals surface area (Å²) in [6.45, 7) is 4.81. The number of methoxy groups -OCH3 is 2. The molecule has 1 aromatic carbocycles. The zero-order valence-electron chi connectivity index (χ0n) is 17.6. The fraction of sp³-hybridized carbons (Fsp3) is 0.381. The molecule has 0 aliphatic rings. The lowest BCUT2D eigenvalue weighted by molar-refractivity contribution is -0.113. The van der Waals surface area contributed by atoms with Crippen LogP contribution in [0.25, 0.3) is 11.4 Å². The molecule has 0 bridgehead atoms. The lowest BCUT2D eigenvalue weighted by Gasteiger charge is -2.11. The van der Waals surface area contributed by atoms with Crippen molar-refractivity contribution in [1.29, 1.82) is 0 Å². The highest BCUT2D eigenvalue weighted by molar-refractivity contribution is 7.99. The average molecular weight is 431 g/mol. The molecule has 0 atom stereocenters. The van der Waals surface area contributed by atoms with Crippen molar-refractivity contribution in [3.63, 3.8) is 0 Å². The Bertz CT molecular complexity index is 977. The van der Waals surface area contributed by atoms with E-state index in [1.807, 2.05) is 17.6 Å².